The van der Waals surface area contributed by atoms with E-state index in [0.29, 0.717) is 16.8 Å². The molecule has 0 radical (unpaired) electrons. The number of nitriles is 1. The smallest absolute Gasteiger partial charge is 0.267 e. The Labute approximate surface area is 171 Å². The number of halogens is 2. The third-order valence-corrected chi connectivity index (χ3v) is 4.69. The van der Waals surface area contributed by atoms with E-state index in [4.69, 9.17) is 21.6 Å². The Hall–Kier alpha value is -3.21. The summed E-state index contributed by atoms with van der Waals surface area (Å²) in [4.78, 5) is 11.6. The van der Waals surface area contributed by atoms with E-state index in [9.17, 15) is 9.90 Å². The first kappa shape index (κ1) is 20.5. The lowest BCUT2D eigenvalue weighted by Gasteiger charge is -2.18. The van der Waals surface area contributed by atoms with Crippen LogP contribution in [0.5, 0.6) is 11.5 Å². The maximum absolute atomic E-state index is 15.4. The highest BCUT2D eigenvalue weighted by Gasteiger charge is 2.23. The second kappa shape index (κ2) is 8.43. The fourth-order valence-electron chi connectivity index (χ4n) is 2.92. The topological polar surface area (TPSA) is 99.0 Å². The molecule has 29 heavy (non-hydrogen) atoms. The molecule has 0 aliphatic carbocycles. The number of nitrogens with zero attached hydrogens (tertiary/aromatic N) is 2. The van der Waals surface area contributed by atoms with Crippen LogP contribution in [0.4, 0.5) is 4.39 Å². The molecule has 1 unspecified atom stereocenters. The van der Waals surface area contributed by atoms with Crippen LogP contribution in [0, 0.1) is 31.0 Å². The molecule has 148 valence electrons. The van der Waals surface area contributed by atoms with Gasteiger partial charge in [0.15, 0.2) is 11.6 Å². The molecule has 2 aromatic carbocycles. The van der Waals surface area contributed by atoms with E-state index in [0.717, 1.165) is 0 Å². The molecule has 8 heteroatoms. The Morgan fingerprint density at radius 1 is 1.28 bits per heavy atom. The van der Waals surface area contributed by atoms with Crippen molar-refractivity contribution < 1.29 is 14.2 Å². The molecule has 0 spiro atoms. The summed E-state index contributed by atoms with van der Waals surface area (Å²) in [5.41, 5.74) is 1.34. The number of aryl methyl sites for hydroxylation is 2. The van der Waals surface area contributed by atoms with Crippen molar-refractivity contribution in [2.24, 2.45) is 0 Å². The lowest BCUT2D eigenvalue weighted by Crippen LogP contribution is -2.17. The molecule has 1 atom stereocenters. The molecule has 0 fully saturated rings. The first-order valence-electron chi connectivity index (χ1n) is 8.68. The highest BCUT2D eigenvalue weighted by Crippen LogP contribution is 2.35. The van der Waals surface area contributed by atoms with Crippen LogP contribution in [0.2, 0.25) is 5.02 Å². The maximum Gasteiger partial charge on any atom is 0.267 e. The fourth-order valence-corrected chi connectivity index (χ4v) is 3.14. The zero-order chi connectivity index (χ0) is 21.1. The Balaban J connectivity index is 2.06. The Morgan fingerprint density at radius 3 is 2.69 bits per heavy atom. The van der Waals surface area contributed by atoms with Gasteiger partial charge in [0.25, 0.3) is 5.56 Å². The summed E-state index contributed by atoms with van der Waals surface area (Å²) in [7, 11) is 0. The van der Waals surface area contributed by atoms with E-state index in [-0.39, 0.29) is 33.2 Å². The molecular formula is C21H17ClFN3O3. The monoisotopic (exact) mass is 413 g/mol. The van der Waals surface area contributed by atoms with Crippen LogP contribution < -0.4 is 10.3 Å². The predicted molar refractivity (Wildman–Crippen MR) is 106 cm³/mol. The minimum atomic E-state index is -0.803. The minimum Gasteiger partial charge on any atom is -0.454 e. The van der Waals surface area contributed by atoms with Gasteiger partial charge in [-0.1, -0.05) is 23.7 Å². The van der Waals surface area contributed by atoms with Crippen molar-refractivity contribution in [3.8, 4) is 17.6 Å². The summed E-state index contributed by atoms with van der Waals surface area (Å²) < 4.78 is 21.1. The Kier molecular flexibility index (Phi) is 5.97. The van der Waals surface area contributed by atoms with Crippen molar-refractivity contribution in [2.45, 2.75) is 19.8 Å². The molecule has 3 aromatic rings. The van der Waals surface area contributed by atoms with Crippen molar-refractivity contribution in [3.05, 3.63) is 85.5 Å². The molecule has 0 bridgehead atoms. The number of H-pyrrole nitrogens is 1. The quantitative estimate of drug-likeness (QED) is 0.659. The summed E-state index contributed by atoms with van der Waals surface area (Å²) in [6.45, 7) is 2.85. The number of aromatic nitrogens is 2. The van der Waals surface area contributed by atoms with Crippen LogP contribution >= 0.6 is 11.6 Å². The third-order valence-electron chi connectivity index (χ3n) is 4.47. The second-order valence-corrected chi connectivity index (χ2v) is 6.98. The average molecular weight is 414 g/mol. The fraction of sp³-hybridized carbons (Fsp3) is 0.190. The zero-order valence-electron chi connectivity index (χ0n) is 15.7. The van der Waals surface area contributed by atoms with Crippen molar-refractivity contribution >= 4 is 11.6 Å². The number of aliphatic hydroxyl groups excluding tert-OH is 1. The first-order chi connectivity index (χ1) is 13.8. The number of hydrogen-bond acceptors (Lipinski definition) is 5. The van der Waals surface area contributed by atoms with Crippen LogP contribution in [0.25, 0.3) is 0 Å². The third kappa shape index (κ3) is 4.29. The van der Waals surface area contributed by atoms with Gasteiger partial charge >= 0.3 is 0 Å². The van der Waals surface area contributed by atoms with Crippen molar-refractivity contribution in [1.29, 1.82) is 5.26 Å². The maximum atomic E-state index is 15.4. The van der Waals surface area contributed by atoms with Crippen LogP contribution in [0.15, 0.2) is 41.2 Å². The van der Waals surface area contributed by atoms with E-state index >= 15 is 4.39 Å². The number of aromatic amines is 1. The number of rotatable bonds is 5. The number of benzene rings is 2. The van der Waals surface area contributed by atoms with Gasteiger partial charge < -0.3 is 9.84 Å². The van der Waals surface area contributed by atoms with E-state index in [2.05, 4.69) is 10.2 Å². The second-order valence-electron chi connectivity index (χ2n) is 6.54. The predicted octanol–water partition coefficient (Wildman–Crippen LogP) is 3.97. The van der Waals surface area contributed by atoms with Gasteiger partial charge in [-0.3, -0.25) is 4.79 Å². The van der Waals surface area contributed by atoms with E-state index in [1.54, 1.807) is 26.0 Å². The summed E-state index contributed by atoms with van der Waals surface area (Å²) in [6, 6.07) is 11.1. The average Bonchev–Trinajstić information content (AvgIpc) is 2.69. The van der Waals surface area contributed by atoms with E-state index < -0.39 is 18.3 Å². The summed E-state index contributed by atoms with van der Waals surface area (Å²) in [6.07, 6.45) is 0. The molecule has 0 aliphatic heterocycles. The van der Waals surface area contributed by atoms with Crippen molar-refractivity contribution in [1.82, 2.24) is 10.2 Å². The summed E-state index contributed by atoms with van der Waals surface area (Å²) in [5.74, 6) is -1.31. The Bertz CT molecular complexity index is 1170. The molecule has 2 N–H and O–H groups in total. The van der Waals surface area contributed by atoms with Gasteiger partial charge in [0.1, 0.15) is 5.75 Å². The first-order valence-corrected chi connectivity index (χ1v) is 9.06. The highest BCUT2D eigenvalue weighted by atomic mass is 35.5. The zero-order valence-corrected chi connectivity index (χ0v) is 16.4. The standard InChI is InChI=1S/C21H17ClFN3O3/c1-11-3-4-16(17(10-27)18-5-12(2)21(28)26-25-18)19(23)20(11)29-15-7-13(9-24)6-14(22)8-15/h3-8,17,27H,10H2,1-2H3,(H,26,28). The van der Waals surface area contributed by atoms with Gasteiger partial charge in [-0.2, -0.15) is 10.4 Å². The molecule has 0 aliphatic rings. The number of aliphatic hydroxyl groups is 1. The Morgan fingerprint density at radius 2 is 2.03 bits per heavy atom. The largest absolute Gasteiger partial charge is 0.454 e. The molecule has 0 amide bonds. The van der Waals surface area contributed by atoms with Crippen LogP contribution in [-0.2, 0) is 0 Å². The van der Waals surface area contributed by atoms with E-state index in [1.165, 1.54) is 24.3 Å². The number of nitrogens with one attached hydrogen (secondary N) is 1. The number of ether oxygens (including phenoxy) is 1. The van der Waals surface area contributed by atoms with Crippen molar-refractivity contribution in [2.75, 3.05) is 6.61 Å². The van der Waals surface area contributed by atoms with Gasteiger partial charge in [-0.25, -0.2) is 9.49 Å². The lowest BCUT2D eigenvalue weighted by molar-refractivity contribution is 0.275. The summed E-state index contributed by atoms with van der Waals surface area (Å²) in [5, 5.41) is 25.5. The summed E-state index contributed by atoms with van der Waals surface area (Å²) >= 11 is 5.99. The van der Waals surface area contributed by atoms with Crippen molar-refractivity contribution in [3.63, 3.8) is 0 Å². The molecular weight excluding hydrogens is 397 g/mol. The van der Waals surface area contributed by atoms with Crippen LogP contribution in [-0.4, -0.2) is 21.9 Å². The molecule has 6 nitrogen and oxygen atoms in total. The lowest BCUT2D eigenvalue weighted by atomic mass is 9.93. The molecule has 1 heterocycles. The molecule has 3 rings (SSSR count). The van der Waals surface area contributed by atoms with Gasteiger partial charge in [0.2, 0.25) is 0 Å². The SMILES string of the molecule is Cc1ccc(C(CO)c2cc(C)c(=O)[nH]n2)c(F)c1Oc1cc(Cl)cc(C#N)c1. The highest BCUT2D eigenvalue weighted by molar-refractivity contribution is 6.30. The normalized spacial score (nSPS) is 11.7. The van der Waals surface area contributed by atoms with Gasteiger partial charge in [0.05, 0.1) is 29.9 Å². The van der Waals surface area contributed by atoms with Crippen LogP contribution in [0.1, 0.15) is 33.9 Å². The van der Waals surface area contributed by atoms with Gasteiger partial charge in [0, 0.05) is 16.1 Å². The van der Waals surface area contributed by atoms with Gasteiger partial charge in [-0.05, 0) is 43.7 Å². The van der Waals surface area contributed by atoms with Gasteiger partial charge in [-0.15, -0.1) is 0 Å². The molecule has 0 saturated carbocycles. The number of hydrogen-bond donors (Lipinski definition) is 2. The van der Waals surface area contributed by atoms with E-state index in [1.807, 2.05) is 6.07 Å². The minimum absolute atomic E-state index is 0.0479. The molecule has 1 aromatic heterocycles. The van der Waals surface area contributed by atoms with Crippen LogP contribution in [0.3, 0.4) is 0 Å². The molecule has 0 saturated heterocycles.